The third-order valence-corrected chi connectivity index (χ3v) is 4.70. The molecular weight excluding hydrogens is 341 g/mol. The third kappa shape index (κ3) is 5.14. The molecule has 0 heterocycles. The van der Waals surface area contributed by atoms with E-state index in [2.05, 4.69) is 4.72 Å². The van der Waals surface area contributed by atoms with Gasteiger partial charge in [0, 0.05) is 21.5 Å². The minimum atomic E-state index is -3.54. The van der Waals surface area contributed by atoms with E-state index in [9.17, 15) is 8.42 Å². The van der Waals surface area contributed by atoms with Crippen LogP contribution < -0.4 is 4.72 Å². The first-order chi connectivity index (χ1) is 10.4. The highest BCUT2D eigenvalue weighted by Crippen LogP contribution is 2.17. The topological polar surface area (TPSA) is 46.2 Å². The lowest BCUT2D eigenvalue weighted by Gasteiger charge is -2.12. The fraction of sp³-hybridized carbons (Fsp3) is 0.125. The van der Waals surface area contributed by atoms with Crippen molar-refractivity contribution in [3.8, 4) is 0 Å². The monoisotopic (exact) mass is 355 g/mol. The number of sulfonamides is 1. The molecular formula is C16H15Cl2NO2S. The summed E-state index contributed by atoms with van der Waals surface area (Å²) in [6.07, 6.45) is 1.52. The van der Waals surface area contributed by atoms with Gasteiger partial charge in [-0.2, -0.15) is 0 Å². The third-order valence-electron chi connectivity index (χ3n) is 3.02. The van der Waals surface area contributed by atoms with Gasteiger partial charge in [-0.1, -0.05) is 47.5 Å². The maximum absolute atomic E-state index is 12.1. The van der Waals surface area contributed by atoms with Gasteiger partial charge in [0.15, 0.2) is 0 Å². The molecule has 2 aromatic rings. The Kier molecular flexibility index (Phi) is 5.64. The molecule has 0 bridgehead atoms. The summed E-state index contributed by atoms with van der Waals surface area (Å²) in [6.45, 7) is 1.77. The Morgan fingerprint density at radius 1 is 0.955 bits per heavy atom. The van der Waals surface area contributed by atoms with E-state index in [4.69, 9.17) is 23.2 Å². The zero-order valence-corrected chi connectivity index (χ0v) is 14.2. The van der Waals surface area contributed by atoms with E-state index < -0.39 is 10.0 Å². The van der Waals surface area contributed by atoms with E-state index >= 15 is 0 Å². The second kappa shape index (κ2) is 7.29. The van der Waals surface area contributed by atoms with E-state index in [0.29, 0.717) is 10.0 Å². The van der Waals surface area contributed by atoms with Gasteiger partial charge in [0.2, 0.25) is 10.0 Å². The van der Waals surface area contributed by atoms with Crippen LogP contribution in [0.5, 0.6) is 0 Å². The maximum atomic E-state index is 12.1. The summed E-state index contributed by atoms with van der Waals surface area (Å²) in [4.78, 5) is 0. The molecule has 22 heavy (non-hydrogen) atoms. The quantitative estimate of drug-likeness (QED) is 0.848. The molecule has 0 saturated carbocycles. The van der Waals surface area contributed by atoms with Gasteiger partial charge in [0.05, 0.1) is 0 Å². The zero-order valence-electron chi connectivity index (χ0n) is 11.8. The van der Waals surface area contributed by atoms with Gasteiger partial charge in [0.25, 0.3) is 0 Å². The van der Waals surface area contributed by atoms with Crippen LogP contribution in [0.25, 0.3) is 6.08 Å². The normalized spacial score (nSPS) is 13.4. The van der Waals surface area contributed by atoms with E-state index in [-0.39, 0.29) is 6.04 Å². The molecule has 1 N–H and O–H groups in total. The molecule has 2 rings (SSSR count). The largest absolute Gasteiger partial charge is 0.234 e. The Hall–Kier alpha value is -1.33. The molecule has 0 saturated heterocycles. The molecule has 0 aliphatic heterocycles. The van der Waals surface area contributed by atoms with E-state index in [1.165, 1.54) is 6.08 Å². The minimum Gasteiger partial charge on any atom is -0.208 e. The van der Waals surface area contributed by atoms with Crippen LogP contribution in [0.2, 0.25) is 10.0 Å². The lowest BCUT2D eigenvalue weighted by molar-refractivity contribution is 0.576. The minimum absolute atomic E-state index is 0.350. The summed E-state index contributed by atoms with van der Waals surface area (Å²) < 4.78 is 26.7. The Bertz CT molecular complexity index is 754. The Balaban J connectivity index is 2.07. The van der Waals surface area contributed by atoms with Gasteiger partial charge >= 0.3 is 0 Å². The van der Waals surface area contributed by atoms with Crippen molar-refractivity contribution in [3.05, 3.63) is 75.1 Å². The summed E-state index contributed by atoms with van der Waals surface area (Å²) in [5, 5.41) is 2.36. The van der Waals surface area contributed by atoms with Crippen LogP contribution >= 0.6 is 23.2 Å². The Morgan fingerprint density at radius 3 is 2.00 bits per heavy atom. The first-order valence-electron chi connectivity index (χ1n) is 6.57. The lowest BCUT2D eigenvalue weighted by atomic mass is 10.1. The van der Waals surface area contributed by atoms with Gasteiger partial charge in [-0.15, -0.1) is 0 Å². The van der Waals surface area contributed by atoms with Crippen LogP contribution in [0.4, 0.5) is 0 Å². The van der Waals surface area contributed by atoms with Crippen LogP contribution in [0.3, 0.4) is 0 Å². The fourth-order valence-electron chi connectivity index (χ4n) is 1.85. The molecule has 0 aliphatic carbocycles. The highest BCUT2D eigenvalue weighted by Gasteiger charge is 2.12. The molecule has 1 atom stereocenters. The number of nitrogens with one attached hydrogen (secondary N) is 1. The standard InChI is InChI=1S/C16H15Cl2NO2S/c1-12(14-4-8-16(18)9-5-14)19-22(20,21)11-10-13-2-6-15(17)7-3-13/h2-12,19H,1H3/b11-10+. The molecule has 0 aromatic heterocycles. The smallest absolute Gasteiger partial charge is 0.208 e. The molecule has 0 fully saturated rings. The highest BCUT2D eigenvalue weighted by molar-refractivity contribution is 7.92. The average Bonchev–Trinajstić information content (AvgIpc) is 2.47. The van der Waals surface area contributed by atoms with Crippen molar-refractivity contribution in [2.75, 3.05) is 0 Å². The lowest BCUT2D eigenvalue weighted by Crippen LogP contribution is -2.24. The summed E-state index contributed by atoms with van der Waals surface area (Å²) in [5.74, 6) is 0. The van der Waals surface area contributed by atoms with Crippen LogP contribution in [0.1, 0.15) is 24.1 Å². The Morgan fingerprint density at radius 2 is 1.45 bits per heavy atom. The van der Waals surface area contributed by atoms with E-state index in [1.807, 2.05) is 0 Å². The van der Waals surface area contributed by atoms with Gasteiger partial charge < -0.3 is 0 Å². The van der Waals surface area contributed by atoms with Crippen molar-refractivity contribution in [1.29, 1.82) is 0 Å². The molecule has 3 nitrogen and oxygen atoms in total. The number of benzene rings is 2. The molecule has 0 spiro atoms. The van der Waals surface area contributed by atoms with Crippen LogP contribution in [0, 0.1) is 0 Å². The van der Waals surface area contributed by atoms with Crippen molar-refractivity contribution in [3.63, 3.8) is 0 Å². The first kappa shape index (κ1) is 17.0. The maximum Gasteiger partial charge on any atom is 0.234 e. The first-order valence-corrected chi connectivity index (χ1v) is 8.87. The number of rotatable bonds is 5. The predicted octanol–water partition coefficient (Wildman–Crippen LogP) is 4.64. The van der Waals surface area contributed by atoms with Crippen molar-refractivity contribution >= 4 is 39.3 Å². The summed E-state index contributed by atoms with van der Waals surface area (Å²) in [5.41, 5.74) is 1.60. The highest BCUT2D eigenvalue weighted by atomic mass is 35.5. The molecule has 0 radical (unpaired) electrons. The van der Waals surface area contributed by atoms with Gasteiger partial charge in [-0.3, -0.25) is 0 Å². The second-order valence-electron chi connectivity index (χ2n) is 4.79. The molecule has 1 unspecified atom stereocenters. The molecule has 6 heteroatoms. The van der Waals surface area contributed by atoms with Crippen molar-refractivity contribution < 1.29 is 8.42 Å². The van der Waals surface area contributed by atoms with Crippen LogP contribution in [0.15, 0.2) is 53.9 Å². The van der Waals surface area contributed by atoms with Crippen LogP contribution in [-0.4, -0.2) is 8.42 Å². The van der Waals surface area contributed by atoms with Gasteiger partial charge in [-0.05, 0) is 48.4 Å². The molecule has 2 aromatic carbocycles. The summed E-state index contributed by atoms with van der Waals surface area (Å²) in [6, 6.07) is 13.6. The van der Waals surface area contributed by atoms with E-state index in [0.717, 1.165) is 16.5 Å². The average molecular weight is 356 g/mol. The van der Waals surface area contributed by atoms with Crippen molar-refractivity contribution in [2.24, 2.45) is 0 Å². The number of halogens is 2. The van der Waals surface area contributed by atoms with Crippen molar-refractivity contribution in [1.82, 2.24) is 4.72 Å². The zero-order chi connectivity index (χ0) is 16.2. The summed E-state index contributed by atoms with van der Waals surface area (Å²) >= 11 is 11.6. The molecule has 0 amide bonds. The molecule has 0 aliphatic rings. The SMILES string of the molecule is CC(NS(=O)(=O)/C=C/c1ccc(Cl)cc1)c1ccc(Cl)cc1. The second-order valence-corrected chi connectivity index (χ2v) is 7.26. The number of hydrogen-bond donors (Lipinski definition) is 1. The molecule has 116 valence electrons. The van der Waals surface area contributed by atoms with Crippen molar-refractivity contribution in [2.45, 2.75) is 13.0 Å². The van der Waals surface area contributed by atoms with Crippen LogP contribution in [-0.2, 0) is 10.0 Å². The Labute approximate surface area is 140 Å². The van der Waals surface area contributed by atoms with Gasteiger partial charge in [0.1, 0.15) is 0 Å². The fourth-order valence-corrected chi connectivity index (χ4v) is 3.14. The number of hydrogen-bond acceptors (Lipinski definition) is 2. The van der Waals surface area contributed by atoms with Gasteiger partial charge in [-0.25, -0.2) is 13.1 Å². The van der Waals surface area contributed by atoms with E-state index in [1.54, 1.807) is 55.5 Å². The summed E-state index contributed by atoms with van der Waals surface area (Å²) in [7, 11) is -3.54. The predicted molar refractivity (Wildman–Crippen MR) is 92.4 cm³/mol.